The van der Waals surface area contributed by atoms with Crippen molar-refractivity contribution in [2.75, 3.05) is 0 Å². The maximum atomic E-state index is 11.3. The highest BCUT2D eigenvalue weighted by Gasteiger charge is 2.46. The van der Waals surface area contributed by atoms with Crippen LogP contribution in [0.5, 0.6) is 0 Å². The molecule has 7 nitrogen and oxygen atoms in total. The molecule has 18 heavy (non-hydrogen) atoms. The van der Waals surface area contributed by atoms with Gasteiger partial charge in [0, 0.05) is 5.57 Å². The van der Waals surface area contributed by atoms with Gasteiger partial charge in [0.05, 0.1) is 12.8 Å². The third-order valence-corrected chi connectivity index (χ3v) is 2.20. The Kier molecular flexibility index (Phi) is 4.07. The fraction of sp³-hybridized carbons (Fsp3) is 0.545. The van der Waals surface area contributed by atoms with E-state index in [1.165, 1.54) is 13.8 Å². The molecule has 1 aliphatic heterocycles. The quantitative estimate of drug-likeness (QED) is 0.423. The van der Waals surface area contributed by atoms with E-state index in [4.69, 9.17) is 4.74 Å². The Morgan fingerprint density at radius 1 is 1.44 bits per heavy atom. The number of hydrogen-bond donors (Lipinski definition) is 1. The number of carbonyl (C=O) groups is 3. The van der Waals surface area contributed by atoms with Crippen LogP contribution in [-0.4, -0.2) is 35.1 Å². The summed E-state index contributed by atoms with van der Waals surface area (Å²) < 4.78 is 14.0. The third kappa shape index (κ3) is 3.30. The Bertz CT molecular complexity index is 400. The van der Waals surface area contributed by atoms with E-state index in [1.54, 1.807) is 0 Å². The van der Waals surface area contributed by atoms with Crippen molar-refractivity contribution < 1.29 is 33.7 Å². The van der Waals surface area contributed by atoms with Gasteiger partial charge < -0.3 is 19.3 Å². The number of esters is 3. The molecule has 1 rings (SSSR count). The van der Waals surface area contributed by atoms with Crippen molar-refractivity contribution in [3.8, 4) is 0 Å². The summed E-state index contributed by atoms with van der Waals surface area (Å²) in [4.78, 5) is 33.8. The summed E-state index contributed by atoms with van der Waals surface area (Å²) in [6, 6.07) is 0. The minimum Gasteiger partial charge on any atom is -0.451 e. The normalized spacial score (nSPS) is 28.5. The second kappa shape index (κ2) is 5.18. The van der Waals surface area contributed by atoms with Crippen LogP contribution in [-0.2, 0) is 28.6 Å². The molecular weight excluding hydrogens is 244 g/mol. The molecule has 0 aliphatic carbocycles. The van der Waals surface area contributed by atoms with E-state index in [0.717, 1.165) is 0 Å². The molecule has 0 spiro atoms. The second-order valence-corrected chi connectivity index (χ2v) is 3.91. The van der Waals surface area contributed by atoms with E-state index < -0.39 is 30.0 Å². The van der Waals surface area contributed by atoms with Gasteiger partial charge >= 0.3 is 23.9 Å². The van der Waals surface area contributed by atoms with Gasteiger partial charge in [0.2, 0.25) is 6.10 Å². The molecule has 0 aromatic heterocycles. The van der Waals surface area contributed by atoms with Crippen LogP contribution in [0.25, 0.3) is 0 Å². The Balaban J connectivity index is 2.91. The molecule has 7 heteroatoms. The van der Waals surface area contributed by atoms with Crippen molar-refractivity contribution in [2.24, 2.45) is 0 Å². The fourth-order valence-corrected chi connectivity index (χ4v) is 1.16. The van der Waals surface area contributed by atoms with Crippen LogP contribution in [0.2, 0.25) is 0 Å². The molecule has 1 aliphatic rings. The number of cyclic esters (lactones) is 2. The second-order valence-electron chi connectivity index (χ2n) is 3.91. The standard InChI is InChI=1S/C11H14O7/c1-6(2)10(14)18-11(15)7(3)16-8(12)4-5-9(13)17-11/h7,15H,1,4-5H2,2-3H3. The number of carbonyl (C=O) groups excluding carboxylic acids is 3. The van der Waals surface area contributed by atoms with Crippen molar-refractivity contribution >= 4 is 17.9 Å². The molecule has 0 saturated carbocycles. The Morgan fingerprint density at radius 2 is 2.00 bits per heavy atom. The van der Waals surface area contributed by atoms with Gasteiger partial charge in [0.25, 0.3) is 0 Å². The van der Waals surface area contributed by atoms with Crippen molar-refractivity contribution in [3.05, 3.63) is 12.2 Å². The maximum absolute atomic E-state index is 11.3. The number of hydrogen-bond acceptors (Lipinski definition) is 7. The van der Waals surface area contributed by atoms with Crippen molar-refractivity contribution in [1.82, 2.24) is 0 Å². The zero-order chi connectivity index (χ0) is 13.9. The average Bonchev–Trinajstić information content (AvgIpc) is 2.24. The van der Waals surface area contributed by atoms with Crippen LogP contribution in [0.15, 0.2) is 12.2 Å². The number of ether oxygens (including phenoxy) is 3. The predicted octanol–water partition coefficient (Wildman–Crippen LogP) is 0.0205. The lowest BCUT2D eigenvalue weighted by molar-refractivity contribution is -0.359. The first-order valence-corrected chi connectivity index (χ1v) is 5.27. The summed E-state index contributed by atoms with van der Waals surface area (Å²) in [6.07, 6.45) is -1.76. The molecule has 0 aromatic rings. The van der Waals surface area contributed by atoms with Gasteiger partial charge in [-0.3, -0.25) is 9.59 Å². The smallest absolute Gasteiger partial charge is 0.412 e. The summed E-state index contributed by atoms with van der Waals surface area (Å²) in [5.74, 6) is -5.16. The van der Waals surface area contributed by atoms with Crippen LogP contribution in [0.4, 0.5) is 0 Å². The van der Waals surface area contributed by atoms with E-state index in [1.807, 2.05) is 0 Å². The molecule has 100 valence electrons. The summed E-state index contributed by atoms with van der Waals surface area (Å²) in [5.41, 5.74) is 0.0000555. The fourth-order valence-electron chi connectivity index (χ4n) is 1.16. The minimum absolute atomic E-state index is 0.0000555. The molecule has 0 amide bonds. The minimum atomic E-state index is -2.64. The lowest BCUT2D eigenvalue weighted by atomic mass is 10.2. The summed E-state index contributed by atoms with van der Waals surface area (Å²) in [6.45, 7) is 5.91. The zero-order valence-electron chi connectivity index (χ0n) is 10.1. The highest BCUT2D eigenvalue weighted by molar-refractivity contribution is 5.87. The van der Waals surface area contributed by atoms with E-state index in [-0.39, 0.29) is 18.4 Å². The first-order valence-electron chi connectivity index (χ1n) is 5.27. The van der Waals surface area contributed by atoms with Gasteiger partial charge in [-0.1, -0.05) is 6.58 Å². The third-order valence-electron chi connectivity index (χ3n) is 2.20. The molecule has 1 heterocycles. The van der Waals surface area contributed by atoms with Crippen molar-refractivity contribution in [3.63, 3.8) is 0 Å². The van der Waals surface area contributed by atoms with Crippen LogP contribution >= 0.6 is 0 Å². The zero-order valence-corrected chi connectivity index (χ0v) is 10.1. The van der Waals surface area contributed by atoms with Gasteiger partial charge in [-0.2, -0.15) is 0 Å². The monoisotopic (exact) mass is 258 g/mol. The Labute approximate surface area is 103 Å². The molecule has 0 aromatic carbocycles. The Hall–Kier alpha value is -1.89. The van der Waals surface area contributed by atoms with E-state index in [0.29, 0.717) is 0 Å². The SMILES string of the molecule is C=C(C)C(=O)OC1(O)OC(=O)CCC(=O)OC1C. The highest BCUT2D eigenvalue weighted by atomic mass is 16.9. The first-order chi connectivity index (χ1) is 8.24. The van der Waals surface area contributed by atoms with E-state index in [2.05, 4.69) is 16.1 Å². The van der Waals surface area contributed by atoms with Crippen LogP contribution < -0.4 is 0 Å². The molecule has 2 unspecified atom stereocenters. The maximum Gasteiger partial charge on any atom is 0.412 e. The van der Waals surface area contributed by atoms with E-state index in [9.17, 15) is 19.5 Å². The molecular formula is C11H14O7. The Morgan fingerprint density at radius 3 is 2.56 bits per heavy atom. The lowest BCUT2D eigenvalue weighted by Gasteiger charge is -2.32. The van der Waals surface area contributed by atoms with Crippen LogP contribution in [0.1, 0.15) is 26.7 Å². The molecule has 1 saturated heterocycles. The predicted molar refractivity (Wildman–Crippen MR) is 56.7 cm³/mol. The van der Waals surface area contributed by atoms with Crippen LogP contribution in [0.3, 0.4) is 0 Å². The largest absolute Gasteiger partial charge is 0.451 e. The molecule has 0 bridgehead atoms. The number of rotatable bonds is 2. The average molecular weight is 258 g/mol. The van der Waals surface area contributed by atoms with E-state index >= 15 is 0 Å². The molecule has 2 atom stereocenters. The molecule has 0 radical (unpaired) electrons. The van der Waals surface area contributed by atoms with Gasteiger partial charge in [0.15, 0.2) is 0 Å². The van der Waals surface area contributed by atoms with Gasteiger partial charge in [-0.15, -0.1) is 0 Å². The van der Waals surface area contributed by atoms with Gasteiger partial charge in [-0.05, 0) is 13.8 Å². The first kappa shape index (κ1) is 14.2. The van der Waals surface area contributed by atoms with Gasteiger partial charge in [0.1, 0.15) is 0 Å². The summed E-state index contributed by atoms with van der Waals surface area (Å²) >= 11 is 0. The molecule has 1 fully saturated rings. The summed E-state index contributed by atoms with van der Waals surface area (Å²) in [5, 5.41) is 9.95. The lowest BCUT2D eigenvalue weighted by Crippen LogP contribution is -2.51. The molecule has 1 N–H and O–H groups in total. The van der Waals surface area contributed by atoms with Crippen LogP contribution in [0, 0.1) is 0 Å². The van der Waals surface area contributed by atoms with Crippen molar-refractivity contribution in [2.45, 2.75) is 38.8 Å². The number of aliphatic hydroxyl groups is 1. The van der Waals surface area contributed by atoms with Crippen molar-refractivity contribution in [1.29, 1.82) is 0 Å². The topological polar surface area (TPSA) is 99.1 Å². The van der Waals surface area contributed by atoms with Gasteiger partial charge in [-0.25, -0.2) is 4.79 Å². The summed E-state index contributed by atoms with van der Waals surface area (Å²) in [7, 11) is 0. The highest BCUT2D eigenvalue weighted by Crippen LogP contribution is 2.23.